The lowest BCUT2D eigenvalue weighted by atomic mass is 10.1. The second kappa shape index (κ2) is 12.3. The van der Waals surface area contributed by atoms with Crippen molar-refractivity contribution in [1.82, 2.24) is 15.2 Å². The molecule has 8 nitrogen and oxygen atoms in total. The van der Waals surface area contributed by atoms with Crippen molar-refractivity contribution in [2.45, 2.75) is 26.8 Å². The van der Waals surface area contributed by atoms with Gasteiger partial charge in [0.15, 0.2) is 0 Å². The first-order chi connectivity index (χ1) is 14.5. The number of carbonyl (C=O) groups excluding carboxylic acids is 2. The number of nitrogens with zero attached hydrogens (tertiary/aromatic N) is 2. The third kappa shape index (κ3) is 7.08. The van der Waals surface area contributed by atoms with Crippen LogP contribution in [0.1, 0.15) is 33.0 Å². The summed E-state index contributed by atoms with van der Waals surface area (Å²) < 4.78 is 10.1. The monoisotopic (exact) mass is 434 g/mol. The fraction of sp³-hybridized carbons (Fsp3) is 0.476. The minimum absolute atomic E-state index is 0.225. The molecule has 1 aromatic heterocycles. The van der Waals surface area contributed by atoms with Gasteiger partial charge in [-0.25, -0.2) is 9.78 Å². The molecule has 0 saturated carbocycles. The lowest BCUT2D eigenvalue weighted by Gasteiger charge is -2.23. The molecule has 0 aliphatic carbocycles. The van der Waals surface area contributed by atoms with E-state index in [0.29, 0.717) is 43.5 Å². The average molecular weight is 435 g/mol. The highest BCUT2D eigenvalue weighted by Crippen LogP contribution is 2.20. The normalized spacial score (nSPS) is 10.7. The van der Waals surface area contributed by atoms with Crippen molar-refractivity contribution in [1.29, 1.82) is 0 Å². The zero-order valence-corrected chi connectivity index (χ0v) is 18.8. The molecule has 1 heterocycles. The summed E-state index contributed by atoms with van der Waals surface area (Å²) in [6.45, 7) is 6.14. The summed E-state index contributed by atoms with van der Waals surface area (Å²) in [5.41, 5.74) is 3.16. The van der Waals surface area contributed by atoms with Crippen LogP contribution in [0.25, 0.3) is 0 Å². The van der Waals surface area contributed by atoms with Crippen molar-refractivity contribution in [2.75, 3.05) is 45.8 Å². The predicted octanol–water partition coefficient (Wildman–Crippen LogP) is 3.21. The molecule has 2 rings (SSSR count). The van der Waals surface area contributed by atoms with Crippen LogP contribution in [-0.2, 0) is 16.0 Å². The number of benzene rings is 1. The van der Waals surface area contributed by atoms with E-state index in [-0.39, 0.29) is 11.9 Å². The number of amides is 3. The van der Waals surface area contributed by atoms with Gasteiger partial charge in [0.05, 0.1) is 13.2 Å². The number of anilines is 1. The zero-order valence-electron chi connectivity index (χ0n) is 18.0. The van der Waals surface area contributed by atoms with Gasteiger partial charge in [0.2, 0.25) is 0 Å². The fourth-order valence-electron chi connectivity index (χ4n) is 2.81. The number of hydrogen-bond donors (Lipinski definition) is 2. The summed E-state index contributed by atoms with van der Waals surface area (Å²) in [6.07, 6.45) is 0.739. The lowest BCUT2D eigenvalue weighted by molar-refractivity contribution is 0.0944. The van der Waals surface area contributed by atoms with Crippen molar-refractivity contribution in [3.05, 3.63) is 45.4 Å². The van der Waals surface area contributed by atoms with Crippen LogP contribution in [0.5, 0.6) is 0 Å². The molecule has 2 N–H and O–H groups in total. The number of rotatable bonds is 11. The third-order valence-electron chi connectivity index (χ3n) is 4.49. The van der Waals surface area contributed by atoms with Gasteiger partial charge in [-0.05, 0) is 31.4 Å². The molecule has 0 aliphatic heterocycles. The SMILES string of the molecule is COCCCNC(=O)c1csc(CN(CCOC)C(=O)Nc2c(C)cccc2C)n1. The summed E-state index contributed by atoms with van der Waals surface area (Å²) in [6, 6.07) is 5.65. The van der Waals surface area contributed by atoms with Crippen LogP contribution >= 0.6 is 11.3 Å². The molecule has 164 valence electrons. The van der Waals surface area contributed by atoms with Crippen molar-refractivity contribution < 1.29 is 19.1 Å². The maximum atomic E-state index is 12.9. The van der Waals surface area contributed by atoms with Crippen LogP contribution < -0.4 is 10.6 Å². The maximum absolute atomic E-state index is 12.9. The number of urea groups is 1. The Morgan fingerprint density at radius 3 is 2.50 bits per heavy atom. The van der Waals surface area contributed by atoms with Gasteiger partial charge in [0.25, 0.3) is 5.91 Å². The minimum atomic E-state index is -0.231. The Morgan fingerprint density at radius 1 is 1.13 bits per heavy atom. The van der Waals surface area contributed by atoms with E-state index in [1.165, 1.54) is 11.3 Å². The molecule has 1 aromatic carbocycles. The third-order valence-corrected chi connectivity index (χ3v) is 5.32. The quantitative estimate of drug-likeness (QED) is 0.530. The number of carbonyl (C=O) groups is 2. The molecule has 3 amide bonds. The summed E-state index contributed by atoms with van der Waals surface area (Å²) >= 11 is 1.35. The Morgan fingerprint density at radius 2 is 1.83 bits per heavy atom. The van der Waals surface area contributed by atoms with E-state index in [2.05, 4.69) is 15.6 Å². The molecule has 0 radical (unpaired) electrons. The number of hydrogen-bond acceptors (Lipinski definition) is 6. The summed E-state index contributed by atoms with van der Waals surface area (Å²) in [5.74, 6) is -0.225. The van der Waals surface area contributed by atoms with Crippen LogP contribution in [-0.4, -0.2) is 62.3 Å². The van der Waals surface area contributed by atoms with Crippen molar-refractivity contribution in [2.24, 2.45) is 0 Å². The first-order valence-corrected chi connectivity index (χ1v) is 10.7. The van der Waals surface area contributed by atoms with Crippen LogP contribution in [0.15, 0.2) is 23.6 Å². The number of para-hydroxylation sites is 1. The topological polar surface area (TPSA) is 92.8 Å². The molecule has 30 heavy (non-hydrogen) atoms. The van der Waals surface area contributed by atoms with E-state index in [1.807, 2.05) is 32.0 Å². The smallest absolute Gasteiger partial charge is 0.322 e. The van der Waals surface area contributed by atoms with Gasteiger partial charge < -0.3 is 25.0 Å². The zero-order chi connectivity index (χ0) is 21.9. The number of ether oxygens (including phenoxy) is 2. The molecule has 0 fully saturated rings. The van der Waals surface area contributed by atoms with Crippen LogP contribution in [0, 0.1) is 13.8 Å². The number of thiazole rings is 1. The van der Waals surface area contributed by atoms with E-state index in [1.54, 1.807) is 24.5 Å². The molecule has 0 saturated heterocycles. The number of nitrogens with one attached hydrogen (secondary N) is 2. The molecule has 0 bridgehead atoms. The largest absolute Gasteiger partial charge is 0.385 e. The summed E-state index contributed by atoms with van der Waals surface area (Å²) in [7, 11) is 3.22. The average Bonchev–Trinajstić information content (AvgIpc) is 3.19. The van der Waals surface area contributed by atoms with Crippen LogP contribution in [0.3, 0.4) is 0 Å². The van der Waals surface area contributed by atoms with Gasteiger partial charge >= 0.3 is 6.03 Å². The minimum Gasteiger partial charge on any atom is -0.385 e. The van der Waals surface area contributed by atoms with Crippen LogP contribution in [0.4, 0.5) is 10.5 Å². The van der Waals surface area contributed by atoms with Crippen molar-refractivity contribution in [3.8, 4) is 0 Å². The highest BCUT2D eigenvalue weighted by Gasteiger charge is 2.18. The lowest BCUT2D eigenvalue weighted by Crippen LogP contribution is -2.37. The van der Waals surface area contributed by atoms with Gasteiger partial charge in [0, 0.05) is 45.0 Å². The van der Waals surface area contributed by atoms with E-state index >= 15 is 0 Å². The van der Waals surface area contributed by atoms with E-state index in [0.717, 1.165) is 23.2 Å². The van der Waals surface area contributed by atoms with Gasteiger partial charge in [-0.1, -0.05) is 18.2 Å². The van der Waals surface area contributed by atoms with E-state index in [4.69, 9.17) is 9.47 Å². The second-order valence-corrected chi connectivity index (χ2v) is 7.78. The highest BCUT2D eigenvalue weighted by molar-refractivity contribution is 7.09. The van der Waals surface area contributed by atoms with Crippen LogP contribution in [0.2, 0.25) is 0 Å². The molecule has 0 atom stereocenters. The molecule has 0 unspecified atom stereocenters. The molecule has 2 aromatic rings. The number of aromatic nitrogens is 1. The first kappa shape index (κ1) is 23.8. The Bertz CT molecular complexity index is 820. The van der Waals surface area contributed by atoms with Crippen molar-refractivity contribution >= 4 is 29.0 Å². The molecular weight excluding hydrogens is 404 g/mol. The molecule has 0 spiro atoms. The van der Waals surface area contributed by atoms with Gasteiger partial charge in [-0.3, -0.25) is 4.79 Å². The van der Waals surface area contributed by atoms with Gasteiger partial charge in [0.1, 0.15) is 10.7 Å². The summed E-state index contributed by atoms with van der Waals surface area (Å²) in [4.78, 5) is 31.2. The highest BCUT2D eigenvalue weighted by atomic mass is 32.1. The van der Waals surface area contributed by atoms with Crippen molar-refractivity contribution in [3.63, 3.8) is 0 Å². The Balaban J connectivity index is 2.03. The number of methoxy groups -OCH3 is 2. The van der Waals surface area contributed by atoms with E-state index in [9.17, 15) is 9.59 Å². The first-order valence-electron chi connectivity index (χ1n) is 9.78. The maximum Gasteiger partial charge on any atom is 0.322 e. The molecular formula is C21H30N4O4S. The molecule has 9 heteroatoms. The molecule has 0 aliphatic rings. The predicted molar refractivity (Wildman–Crippen MR) is 118 cm³/mol. The van der Waals surface area contributed by atoms with E-state index < -0.39 is 0 Å². The number of aryl methyl sites for hydroxylation is 2. The van der Waals surface area contributed by atoms with Gasteiger partial charge in [-0.15, -0.1) is 11.3 Å². The second-order valence-electron chi connectivity index (χ2n) is 6.84. The summed E-state index contributed by atoms with van der Waals surface area (Å²) in [5, 5.41) is 8.20. The fourth-order valence-corrected chi connectivity index (χ4v) is 3.60. The Kier molecular flexibility index (Phi) is 9.72. The van der Waals surface area contributed by atoms with Gasteiger partial charge in [-0.2, -0.15) is 0 Å². The standard InChI is InChI=1S/C21H30N4O4S/c1-15-7-5-8-16(2)19(15)24-21(27)25(10-12-29-4)13-18-23-17(14-30-18)20(26)22-9-6-11-28-3/h5,7-8,14H,6,9-13H2,1-4H3,(H,22,26)(H,24,27). The Labute approximate surface area is 181 Å². The Hall–Kier alpha value is -2.49.